The average molecular weight is 329 g/mol. The smallest absolute Gasteiger partial charge is 0.325 e. The standard InChI is InChI=1S/C13H19N3O7/c17-5-7-9(18)10(19)13(23-7,8-4-14-1-2-22-8)6-3-15-12(21)16-11(6)20/h3,7-10,14,17-19H,1-2,4-5H2,(H2,15,16,20,21)/t7-,8?,9-,10-,13-/m1/s1. The molecule has 23 heavy (non-hydrogen) atoms. The van der Waals surface area contributed by atoms with Crippen molar-refractivity contribution in [2.45, 2.75) is 30.0 Å². The van der Waals surface area contributed by atoms with Crippen molar-refractivity contribution >= 4 is 0 Å². The molecule has 10 nitrogen and oxygen atoms in total. The van der Waals surface area contributed by atoms with Gasteiger partial charge < -0.3 is 35.1 Å². The third-order valence-corrected chi connectivity index (χ3v) is 4.32. The van der Waals surface area contributed by atoms with E-state index in [2.05, 4.69) is 15.3 Å². The van der Waals surface area contributed by atoms with Crippen LogP contribution in [0.4, 0.5) is 0 Å². The van der Waals surface area contributed by atoms with Crippen LogP contribution in [0.5, 0.6) is 0 Å². The van der Waals surface area contributed by atoms with Gasteiger partial charge in [-0.15, -0.1) is 0 Å². The Balaban J connectivity index is 2.14. The number of nitrogens with one attached hydrogen (secondary N) is 3. The first-order chi connectivity index (χ1) is 11.0. The summed E-state index contributed by atoms with van der Waals surface area (Å²) in [6.07, 6.45) is -3.66. The molecule has 1 unspecified atom stereocenters. The van der Waals surface area contributed by atoms with Gasteiger partial charge in [0.15, 0.2) is 5.60 Å². The van der Waals surface area contributed by atoms with Crippen LogP contribution in [0.3, 0.4) is 0 Å². The summed E-state index contributed by atoms with van der Waals surface area (Å²) in [6, 6.07) is 0. The lowest BCUT2D eigenvalue weighted by molar-refractivity contribution is -0.186. The van der Waals surface area contributed by atoms with Crippen LogP contribution in [0.2, 0.25) is 0 Å². The Labute approximate surface area is 130 Å². The van der Waals surface area contributed by atoms with Gasteiger partial charge in [0.1, 0.15) is 24.4 Å². The second kappa shape index (κ2) is 6.15. The van der Waals surface area contributed by atoms with Gasteiger partial charge in [0.2, 0.25) is 0 Å². The summed E-state index contributed by atoms with van der Waals surface area (Å²) >= 11 is 0. The van der Waals surface area contributed by atoms with E-state index in [9.17, 15) is 24.9 Å². The van der Waals surface area contributed by atoms with Crippen molar-refractivity contribution in [1.29, 1.82) is 0 Å². The van der Waals surface area contributed by atoms with Crippen LogP contribution in [0.15, 0.2) is 15.8 Å². The maximum atomic E-state index is 12.2. The lowest BCUT2D eigenvalue weighted by Gasteiger charge is -2.40. The van der Waals surface area contributed by atoms with Crippen LogP contribution in [-0.2, 0) is 15.1 Å². The molecule has 2 aliphatic rings. The molecule has 5 atom stereocenters. The summed E-state index contributed by atoms with van der Waals surface area (Å²) < 4.78 is 11.3. The lowest BCUT2D eigenvalue weighted by Crippen LogP contribution is -2.59. The van der Waals surface area contributed by atoms with E-state index in [1.807, 2.05) is 0 Å². The van der Waals surface area contributed by atoms with E-state index in [-0.39, 0.29) is 12.1 Å². The molecule has 0 spiro atoms. The molecule has 6 N–H and O–H groups in total. The first-order valence-corrected chi connectivity index (χ1v) is 7.30. The summed E-state index contributed by atoms with van der Waals surface area (Å²) in [4.78, 5) is 27.9. The predicted octanol–water partition coefficient (Wildman–Crippen LogP) is -3.64. The quantitative estimate of drug-likeness (QED) is 0.331. The van der Waals surface area contributed by atoms with Crippen LogP contribution in [-0.4, -0.2) is 76.0 Å². The third-order valence-electron chi connectivity index (χ3n) is 4.32. The van der Waals surface area contributed by atoms with E-state index in [1.165, 1.54) is 0 Å². The molecule has 1 aromatic rings. The molecule has 0 saturated carbocycles. The molecular weight excluding hydrogens is 310 g/mol. The molecule has 0 aliphatic carbocycles. The first kappa shape index (κ1) is 16.3. The Morgan fingerprint density at radius 3 is 2.70 bits per heavy atom. The summed E-state index contributed by atoms with van der Waals surface area (Å²) in [5, 5.41) is 33.1. The molecule has 3 heterocycles. The van der Waals surface area contributed by atoms with Crippen molar-refractivity contribution in [1.82, 2.24) is 15.3 Å². The first-order valence-electron chi connectivity index (χ1n) is 7.30. The number of ether oxygens (including phenoxy) is 2. The molecule has 10 heteroatoms. The second-order valence-electron chi connectivity index (χ2n) is 5.62. The SMILES string of the molecule is O=c1[nH]cc([C@]2(C3CNCCO3)O[C@H](CO)[C@@H](O)[C@H]2O)c(=O)[nH]1. The van der Waals surface area contributed by atoms with Crippen LogP contribution >= 0.6 is 0 Å². The number of hydrogen-bond donors (Lipinski definition) is 6. The zero-order valence-electron chi connectivity index (χ0n) is 12.2. The Bertz CT molecular complexity index is 668. The minimum absolute atomic E-state index is 0.0756. The van der Waals surface area contributed by atoms with Gasteiger partial charge in [-0.25, -0.2) is 4.79 Å². The van der Waals surface area contributed by atoms with Gasteiger partial charge in [-0.2, -0.15) is 0 Å². The monoisotopic (exact) mass is 329 g/mol. The number of aliphatic hydroxyl groups excluding tert-OH is 3. The van der Waals surface area contributed by atoms with Crippen molar-refractivity contribution in [3.05, 3.63) is 32.6 Å². The molecule has 0 amide bonds. The Morgan fingerprint density at radius 1 is 1.35 bits per heavy atom. The molecule has 0 radical (unpaired) electrons. The average Bonchev–Trinajstić information content (AvgIpc) is 2.81. The minimum atomic E-state index is -1.71. The summed E-state index contributed by atoms with van der Waals surface area (Å²) in [7, 11) is 0. The normalized spacial score (nSPS) is 37.9. The molecule has 2 aliphatic heterocycles. The number of morpholine rings is 1. The summed E-state index contributed by atoms with van der Waals surface area (Å²) in [5.41, 5.74) is -3.25. The Kier molecular flexibility index (Phi) is 4.36. The number of aromatic amines is 2. The highest BCUT2D eigenvalue weighted by atomic mass is 16.6. The number of H-pyrrole nitrogens is 2. The van der Waals surface area contributed by atoms with Gasteiger partial charge in [0.05, 0.1) is 18.8 Å². The van der Waals surface area contributed by atoms with Gasteiger partial charge in [-0.1, -0.05) is 0 Å². The number of hydrogen-bond acceptors (Lipinski definition) is 8. The van der Waals surface area contributed by atoms with E-state index < -0.39 is 47.9 Å². The number of rotatable bonds is 3. The maximum Gasteiger partial charge on any atom is 0.325 e. The van der Waals surface area contributed by atoms with Crippen molar-refractivity contribution in [2.24, 2.45) is 0 Å². The second-order valence-corrected chi connectivity index (χ2v) is 5.62. The number of aromatic nitrogens is 2. The van der Waals surface area contributed by atoms with Gasteiger partial charge in [-0.3, -0.25) is 9.78 Å². The van der Waals surface area contributed by atoms with Gasteiger partial charge >= 0.3 is 5.69 Å². The van der Waals surface area contributed by atoms with E-state index >= 15 is 0 Å². The Morgan fingerprint density at radius 2 is 2.13 bits per heavy atom. The van der Waals surface area contributed by atoms with Crippen molar-refractivity contribution in [3.63, 3.8) is 0 Å². The number of aliphatic hydroxyl groups is 3. The molecule has 3 rings (SSSR count). The van der Waals surface area contributed by atoms with E-state index in [1.54, 1.807) is 0 Å². The molecule has 0 bridgehead atoms. The van der Waals surface area contributed by atoms with E-state index in [0.717, 1.165) is 6.20 Å². The predicted molar refractivity (Wildman–Crippen MR) is 75.9 cm³/mol. The highest BCUT2D eigenvalue weighted by molar-refractivity contribution is 5.25. The van der Waals surface area contributed by atoms with Crippen molar-refractivity contribution < 1.29 is 24.8 Å². The topological polar surface area (TPSA) is 157 Å². The zero-order chi connectivity index (χ0) is 16.6. The van der Waals surface area contributed by atoms with E-state index in [0.29, 0.717) is 13.2 Å². The van der Waals surface area contributed by atoms with E-state index in [4.69, 9.17) is 9.47 Å². The van der Waals surface area contributed by atoms with Gasteiger partial charge in [0, 0.05) is 19.3 Å². The Hall–Kier alpha value is -1.56. The van der Waals surface area contributed by atoms with Crippen LogP contribution in [0, 0.1) is 0 Å². The molecule has 1 aromatic heterocycles. The fourth-order valence-corrected chi connectivity index (χ4v) is 3.20. The van der Waals surface area contributed by atoms with Gasteiger partial charge in [0.25, 0.3) is 5.56 Å². The largest absolute Gasteiger partial charge is 0.394 e. The fourth-order valence-electron chi connectivity index (χ4n) is 3.20. The maximum absolute atomic E-state index is 12.2. The fraction of sp³-hybridized carbons (Fsp3) is 0.692. The highest BCUT2D eigenvalue weighted by Crippen LogP contribution is 2.42. The van der Waals surface area contributed by atoms with Crippen molar-refractivity contribution in [2.75, 3.05) is 26.3 Å². The minimum Gasteiger partial charge on any atom is -0.394 e. The molecule has 128 valence electrons. The molecular formula is C13H19N3O7. The van der Waals surface area contributed by atoms with Crippen molar-refractivity contribution in [3.8, 4) is 0 Å². The summed E-state index contributed by atoms with van der Waals surface area (Å²) in [5.74, 6) is 0. The van der Waals surface area contributed by atoms with Gasteiger partial charge in [-0.05, 0) is 0 Å². The van der Waals surface area contributed by atoms with Crippen LogP contribution in [0.25, 0.3) is 0 Å². The van der Waals surface area contributed by atoms with Crippen LogP contribution in [0.1, 0.15) is 5.56 Å². The zero-order valence-corrected chi connectivity index (χ0v) is 12.2. The lowest BCUT2D eigenvalue weighted by atomic mass is 9.82. The molecule has 2 saturated heterocycles. The molecule has 2 fully saturated rings. The third kappa shape index (κ3) is 2.53. The summed E-state index contributed by atoms with van der Waals surface area (Å²) in [6.45, 7) is 0.641. The highest BCUT2D eigenvalue weighted by Gasteiger charge is 2.61. The van der Waals surface area contributed by atoms with Crippen LogP contribution < -0.4 is 16.6 Å². The molecule has 0 aromatic carbocycles.